The maximum atomic E-state index is 12.6. The van der Waals surface area contributed by atoms with Crippen molar-refractivity contribution in [3.05, 3.63) is 65.5 Å². The Morgan fingerprint density at radius 3 is 2.54 bits per heavy atom. The Hall–Kier alpha value is -3.44. The van der Waals surface area contributed by atoms with Gasteiger partial charge in [-0.25, -0.2) is 23.1 Å². The number of aliphatic imine (C=N–C) groups is 1. The summed E-state index contributed by atoms with van der Waals surface area (Å²) in [5.41, 5.74) is 0.702. The number of nitrogens with one attached hydrogen (secondary N) is 2. The zero-order valence-corrected chi connectivity index (χ0v) is 20.3. The highest BCUT2D eigenvalue weighted by molar-refractivity contribution is 8.18. The van der Waals surface area contributed by atoms with E-state index < -0.39 is 10.0 Å². The Labute approximate surface area is 207 Å². The molecule has 3 aromatic rings. The van der Waals surface area contributed by atoms with E-state index >= 15 is 0 Å². The second-order valence-corrected chi connectivity index (χ2v) is 10.9. The molecule has 2 N–H and O–H groups in total. The van der Waals surface area contributed by atoms with Gasteiger partial charge in [0.1, 0.15) is 11.5 Å². The molecule has 0 atom stereocenters. The monoisotopic (exact) mass is 509 g/mol. The van der Waals surface area contributed by atoms with Gasteiger partial charge in [0.2, 0.25) is 5.95 Å². The lowest BCUT2D eigenvalue weighted by Gasteiger charge is -2.17. The largest absolute Gasteiger partial charge is 0.457 e. The first kappa shape index (κ1) is 23.3. The summed E-state index contributed by atoms with van der Waals surface area (Å²) in [6.07, 6.45) is 10.4. The van der Waals surface area contributed by atoms with Crippen molar-refractivity contribution in [1.29, 1.82) is 0 Å². The molecule has 2 aliphatic rings. The van der Waals surface area contributed by atoms with Gasteiger partial charge in [0.25, 0.3) is 15.9 Å². The highest BCUT2D eigenvalue weighted by atomic mass is 32.2. The number of rotatable bonds is 6. The lowest BCUT2D eigenvalue weighted by molar-refractivity contribution is -0.115. The Morgan fingerprint density at radius 2 is 1.80 bits per heavy atom. The number of carbonyl (C=O) groups excluding carboxylic acids is 1. The molecule has 1 aromatic carbocycles. The van der Waals surface area contributed by atoms with Crippen LogP contribution in [0.3, 0.4) is 0 Å². The number of amides is 1. The Balaban J connectivity index is 1.27. The van der Waals surface area contributed by atoms with E-state index in [2.05, 4.69) is 20.0 Å². The normalized spacial score (nSPS) is 19.3. The van der Waals surface area contributed by atoms with Gasteiger partial charge in [0.05, 0.1) is 15.8 Å². The standard InChI is InChI=1S/C24H23N5O4S2/c30-22-21(34-24(28-22)27-17-5-2-1-3-6-17)15-18-9-12-20(33-18)16-7-10-19(11-8-16)35(31,32)29-23-25-13-4-14-26-23/h4,7-15,17H,1-3,5-6H2,(H,25,26,29)(H,27,28,30)/b21-15+. The van der Waals surface area contributed by atoms with Gasteiger partial charge in [-0.2, -0.15) is 0 Å². The first-order chi connectivity index (χ1) is 17.0. The molecule has 1 aliphatic heterocycles. The van der Waals surface area contributed by atoms with Crippen molar-refractivity contribution >= 4 is 44.9 Å². The number of sulfonamides is 1. The SMILES string of the molecule is O=C1NC(=NC2CCCCC2)S/C1=C/c1ccc(-c2ccc(S(=O)(=O)Nc3ncccn3)cc2)o1. The molecule has 2 aromatic heterocycles. The van der Waals surface area contributed by atoms with E-state index in [1.807, 2.05) is 0 Å². The molecule has 0 radical (unpaired) electrons. The molecule has 2 fully saturated rings. The summed E-state index contributed by atoms with van der Waals surface area (Å²) in [7, 11) is -3.82. The first-order valence-corrected chi connectivity index (χ1v) is 13.5. The second-order valence-electron chi connectivity index (χ2n) is 8.20. The van der Waals surface area contributed by atoms with Gasteiger partial charge in [-0.3, -0.25) is 9.79 Å². The summed E-state index contributed by atoms with van der Waals surface area (Å²) >= 11 is 1.32. The van der Waals surface area contributed by atoms with Crippen molar-refractivity contribution < 1.29 is 17.6 Å². The molecular weight excluding hydrogens is 486 g/mol. The number of amidine groups is 1. The average molecular weight is 510 g/mol. The van der Waals surface area contributed by atoms with E-state index in [-0.39, 0.29) is 22.8 Å². The third-order valence-corrected chi connectivity index (χ3v) is 7.93. The summed E-state index contributed by atoms with van der Waals surface area (Å²) in [6.45, 7) is 0. The molecule has 1 saturated heterocycles. The fourth-order valence-corrected chi connectivity index (χ4v) is 5.74. The Bertz CT molecular complexity index is 1380. The molecule has 35 heavy (non-hydrogen) atoms. The molecule has 9 nitrogen and oxygen atoms in total. The molecular formula is C24H23N5O4S2. The van der Waals surface area contributed by atoms with Crippen LogP contribution >= 0.6 is 11.8 Å². The van der Waals surface area contributed by atoms with E-state index in [1.165, 1.54) is 55.6 Å². The van der Waals surface area contributed by atoms with Crippen LogP contribution in [0, 0.1) is 0 Å². The zero-order valence-electron chi connectivity index (χ0n) is 18.7. The van der Waals surface area contributed by atoms with Gasteiger partial charge in [-0.15, -0.1) is 0 Å². The average Bonchev–Trinajstić information content (AvgIpc) is 3.47. The van der Waals surface area contributed by atoms with Gasteiger partial charge in [0, 0.05) is 24.0 Å². The van der Waals surface area contributed by atoms with Gasteiger partial charge in [-0.05, 0) is 67.1 Å². The van der Waals surface area contributed by atoms with Crippen LogP contribution in [0.4, 0.5) is 5.95 Å². The van der Waals surface area contributed by atoms with Crippen LogP contribution in [0.1, 0.15) is 37.9 Å². The van der Waals surface area contributed by atoms with Gasteiger partial charge in [0.15, 0.2) is 5.17 Å². The minimum absolute atomic E-state index is 0.000975. The van der Waals surface area contributed by atoms with E-state index in [1.54, 1.807) is 36.4 Å². The second kappa shape index (κ2) is 10.0. The lowest BCUT2D eigenvalue weighted by atomic mass is 9.96. The molecule has 180 valence electrons. The first-order valence-electron chi connectivity index (χ1n) is 11.3. The number of thioether (sulfide) groups is 1. The summed E-state index contributed by atoms with van der Waals surface area (Å²) in [5, 5.41) is 3.48. The van der Waals surface area contributed by atoms with E-state index in [0.717, 1.165) is 12.8 Å². The van der Waals surface area contributed by atoms with Crippen molar-refractivity contribution in [2.75, 3.05) is 4.72 Å². The highest BCUT2D eigenvalue weighted by Crippen LogP contribution is 2.31. The van der Waals surface area contributed by atoms with Crippen LogP contribution in [0.5, 0.6) is 0 Å². The van der Waals surface area contributed by atoms with Crippen LogP contribution in [0.15, 0.2) is 74.1 Å². The van der Waals surface area contributed by atoms with Crippen molar-refractivity contribution in [3.8, 4) is 11.3 Å². The molecule has 1 saturated carbocycles. The maximum absolute atomic E-state index is 12.6. The molecule has 1 aliphatic carbocycles. The summed E-state index contributed by atoms with van der Waals surface area (Å²) < 4.78 is 33.3. The smallest absolute Gasteiger partial charge is 0.264 e. The van der Waals surface area contributed by atoms with E-state index in [4.69, 9.17) is 9.41 Å². The Kier molecular flexibility index (Phi) is 6.69. The molecule has 1 amide bonds. The summed E-state index contributed by atoms with van der Waals surface area (Å²) in [6, 6.07) is 11.7. The molecule has 0 unspecified atom stereocenters. The topological polar surface area (TPSA) is 127 Å². The van der Waals surface area contributed by atoms with Crippen LogP contribution in [-0.4, -0.2) is 35.5 Å². The molecule has 11 heteroatoms. The van der Waals surface area contributed by atoms with E-state index in [0.29, 0.717) is 27.2 Å². The van der Waals surface area contributed by atoms with E-state index in [9.17, 15) is 13.2 Å². The van der Waals surface area contributed by atoms with Crippen molar-refractivity contribution in [2.45, 2.75) is 43.0 Å². The van der Waals surface area contributed by atoms with Crippen molar-refractivity contribution in [2.24, 2.45) is 4.99 Å². The number of nitrogens with zero attached hydrogens (tertiary/aromatic N) is 3. The third kappa shape index (κ3) is 5.63. The van der Waals surface area contributed by atoms with Crippen molar-refractivity contribution in [3.63, 3.8) is 0 Å². The minimum atomic E-state index is -3.82. The number of furan rings is 1. The number of hydrogen-bond acceptors (Lipinski definition) is 8. The van der Waals surface area contributed by atoms with Gasteiger partial charge >= 0.3 is 0 Å². The lowest BCUT2D eigenvalue weighted by Crippen LogP contribution is -2.22. The molecule has 5 rings (SSSR count). The quantitative estimate of drug-likeness (QED) is 0.471. The number of carbonyl (C=O) groups is 1. The number of benzene rings is 1. The maximum Gasteiger partial charge on any atom is 0.264 e. The fourth-order valence-electron chi connectivity index (χ4n) is 3.91. The van der Waals surface area contributed by atoms with Crippen LogP contribution in [0.2, 0.25) is 0 Å². The summed E-state index contributed by atoms with van der Waals surface area (Å²) in [4.78, 5) is 25.4. The molecule has 0 spiro atoms. The fraction of sp³-hybridized carbons (Fsp3) is 0.250. The number of anilines is 1. The van der Waals surface area contributed by atoms with Gasteiger partial charge < -0.3 is 9.73 Å². The minimum Gasteiger partial charge on any atom is -0.457 e. The zero-order chi connectivity index (χ0) is 24.3. The van der Waals surface area contributed by atoms with Crippen molar-refractivity contribution in [1.82, 2.24) is 15.3 Å². The number of aromatic nitrogens is 2. The molecule has 0 bridgehead atoms. The van der Waals surface area contributed by atoms with Crippen LogP contribution < -0.4 is 10.0 Å². The Morgan fingerprint density at radius 1 is 1.06 bits per heavy atom. The van der Waals surface area contributed by atoms with Crippen LogP contribution in [0.25, 0.3) is 17.4 Å². The van der Waals surface area contributed by atoms with Crippen LogP contribution in [-0.2, 0) is 14.8 Å². The number of hydrogen-bond donors (Lipinski definition) is 2. The summed E-state index contributed by atoms with van der Waals surface area (Å²) in [5.74, 6) is 0.892. The molecule has 3 heterocycles. The predicted molar refractivity (Wildman–Crippen MR) is 135 cm³/mol. The third-order valence-electron chi connectivity index (χ3n) is 5.67. The highest BCUT2D eigenvalue weighted by Gasteiger charge is 2.26. The predicted octanol–water partition coefficient (Wildman–Crippen LogP) is 4.43. The van der Waals surface area contributed by atoms with Gasteiger partial charge in [-0.1, -0.05) is 19.3 Å².